The van der Waals surface area contributed by atoms with Gasteiger partial charge in [-0.2, -0.15) is 0 Å². The van der Waals surface area contributed by atoms with Crippen LogP contribution in [0.5, 0.6) is 0 Å². The largest absolute Gasteiger partial charge is 0.307 e. The first-order valence-electron chi connectivity index (χ1n) is 5.29. The molecule has 0 rings (SSSR count). The quantitative estimate of drug-likeness (QED) is 0.308. The Bertz CT molecular complexity index is 353. The predicted molar refractivity (Wildman–Crippen MR) is 74.4 cm³/mol. The fourth-order valence-electron chi connectivity index (χ4n) is 0.784. The maximum Gasteiger partial charge on any atom is 0.0353 e. The molecule has 2 radical (unpaired) electrons. The van der Waals surface area contributed by atoms with E-state index in [1.807, 2.05) is 0 Å². The second-order valence-electron chi connectivity index (χ2n) is 3.35. The van der Waals surface area contributed by atoms with Crippen molar-refractivity contribution in [2.75, 3.05) is 0 Å². The zero-order valence-electron chi connectivity index (χ0n) is 11.4. The van der Waals surface area contributed by atoms with Crippen molar-refractivity contribution >= 4 is 46.0 Å². The van der Waals surface area contributed by atoms with Gasteiger partial charge in [-0.25, -0.2) is 0 Å². The minimum absolute atomic E-state index is 0.0529. The molecule has 0 fully saturated rings. The summed E-state index contributed by atoms with van der Waals surface area (Å²) >= 11 is -1.48. The Morgan fingerprint density at radius 3 is 1.37 bits per heavy atom. The van der Waals surface area contributed by atoms with Crippen LogP contribution in [0, 0.1) is 10.8 Å². The van der Waals surface area contributed by atoms with Gasteiger partial charge in [0.25, 0.3) is 0 Å². The Kier molecular flexibility index (Phi) is 13.6. The van der Waals surface area contributed by atoms with Crippen molar-refractivity contribution in [3.8, 4) is 0 Å². The first kappa shape index (κ1) is 19.9. The Morgan fingerprint density at radius 1 is 0.842 bits per heavy atom. The fraction of sp³-hybridized carbons (Fsp3) is 0.333. The van der Waals surface area contributed by atoms with E-state index in [9.17, 15) is 9.59 Å². The summed E-state index contributed by atoms with van der Waals surface area (Å²) in [7, 11) is 0. The molecular weight excluding hydrogens is 355 g/mol. The zero-order chi connectivity index (χ0) is 15.3. The van der Waals surface area contributed by atoms with Crippen molar-refractivity contribution in [3.05, 3.63) is 23.7 Å². The van der Waals surface area contributed by atoms with Crippen LogP contribution in [0.1, 0.15) is 27.7 Å². The van der Waals surface area contributed by atoms with Crippen LogP contribution in [-0.4, -0.2) is 46.0 Å². The van der Waals surface area contributed by atoms with E-state index in [1.165, 1.54) is 26.0 Å². The van der Waals surface area contributed by atoms with E-state index in [0.29, 0.717) is 11.5 Å². The molecular formula is C12H18N2O4Sn. The topological polar surface area (TPSA) is 100 Å². The monoisotopic (exact) mass is 374 g/mol. The second kappa shape index (κ2) is 13.0. The summed E-state index contributed by atoms with van der Waals surface area (Å²) < 4.78 is 10.5. The van der Waals surface area contributed by atoms with E-state index in [0.717, 1.165) is 12.4 Å². The Balaban J connectivity index is 0. The smallest absolute Gasteiger partial charge is 0.0353 e. The molecule has 7 heteroatoms. The van der Waals surface area contributed by atoms with Crippen molar-refractivity contribution < 1.29 is 15.7 Å². The molecule has 0 aromatic carbocycles. The molecule has 0 amide bonds. The third-order valence-corrected chi connectivity index (χ3v) is 3.62. The van der Waals surface area contributed by atoms with Gasteiger partial charge >= 0.3 is 101 Å². The molecule has 104 valence electrons. The third-order valence-electron chi connectivity index (χ3n) is 1.30. The Morgan fingerprint density at radius 2 is 1.16 bits per heavy atom. The molecule has 0 saturated carbocycles. The van der Waals surface area contributed by atoms with Gasteiger partial charge in [-0.05, 0) is 0 Å². The molecule has 6 nitrogen and oxygen atoms in total. The van der Waals surface area contributed by atoms with E-state index in [1.54, 1.807) is 13.8 Å². The van der Waals surface area contributed by atoms with Crippen LogP contribution in [0.3, 0.4) is 0 Å². The number of ketones is 2. The third kappa shape index (κ3) is 19.1. The summed E-state index contributed by atoms with van der Waals surface area (Å²) in [6.45, 7) is 6.32. The van der Waals surface area contributed by atoms with Crippen molar-refractivity contribution in [1.82, 2.24) is 0 Å². The van der Waals surface area contributed by atoms with Gasteiger partial charge < -0.3 is 10.8 Å². The van der Waals surface area contributed by atoms with Gasteiger partial charge in [0.2, 0.25) is 0 Å². The second-order valence-corrected chi connectivity index (χ2v) is 4.99. The molecule has 0 bridgehead atoms. The molecule has 0 atom stereocenters. The van der Waals surface area contributed by atoms with E-state index < -0.39 is 22.0 Å². The predicted octanol–water partition coefficient (Wildman–Crippen LogP) is 1.82. The van der Waals surface area contributed by atoms with Gasteiger partial charge in [-0.3, -0.25) is 0 Å². The van der Waals surface area contributed by atoms with E-state index >= 15 is 0 Å². The first-order chi connectivity index (χ1) is 8.83. The number of hydrogen-bond donors (Lipinski definition) is 2. The van der Waals surface area contributed by atoms with Crippen LogP contribution >= 0.6 is 0 Å². The van der Waals surface area contributed by atoms with Crippen molar-refractivity contribution in [2.24, 2.45) is 0 Å². The standard InChI is InChI=1S/2C5H8O2.C2H4N2.Sn/c2*1-4(6)3-5(2)7;3-1-2-4;/h2*3,6H,1-2H3;1-4H;/q;;;+2/p-2/b4-3+;4-3-;;. The minimum atomic E-state index is -1.48. The van der Waals surface area contributed by atoms with E-state index in [4.69, 9.17) is 17.0 Å². The molecule has 0 unspecified atom stereocenters. The summed E-state index contributed by atoms with van der Waals surface area (Å²) in [5.74, 6) is 1.01. The van der Waals surface area contributed by atoms with Crippen LogP contribution in [0.4, 0.5) is 0 Å². The Labute approximate surface area is 124 Å². The average Bonchev–Trinajstić information content (AvgIpc) is 2.27. The maximum atomic E-state index is 10.7. The fourth-order valence-corrected chi connectivity index (χ4v) is 1.99. The summed E-state index contributed by atoms with van der Waals surface area (Å²) in [5, 5.41) is 12.2. The van der Waals surface area contributed by atoms with Gasteiger partial charge in [0.15, 0.2) is 0 Å². The van der Waals surface area contributed by atoms with Crippen LogP contribution in [0.2, 0.25) is 0 Å². The number of carbonyl (C=O) groups excluding carboxylic acids is 2. The van der Waals surface area contributed by atoms with E-state index in [-0.39, 0.29) is 11.6 Å². The minimum Gasteiger partial charge on any atom is -0.307 e. The molecule has 0 spiro atoms. The normalized spacial score (nSPS) is 10.7. The van der Waals surface area contributed by atoms with Gasteiger partial charge in [0.05, 0.1) is 0 Å². The summed E-state index contributed by atoms with van der Waals surface area (Å²) in [6.07, 6.45) is 4.66. The number of rotatable bonds is 7. The average molecular weight is 373 g/mol. The molecule has 0 aliphatic carbocycles. The number of nitrogens with one attached hydrogen (secondary N) is 2. The molecule has 0 heterocycles. The SMILES string of the molecule is CC(=O)/C=C(/C)[O][Sn][O]/C(C)=C/C(C)=O.N=CC=N. The van der Waals surface area contributed by atoms with E-state index in [2.05, 4.69) is 0 Å². The molecule has 0 aromatic rings. The molecule has 0 aliphatic rings. The van der Waals surface area contributed by atoms with Gasteiger partial charge in [-0.15, -0.1) is 0 Å². The number of allylic oxidation sites excluding steroid dienone is 4. The van der Waals surface area contributed by atoms with Gasteiger partial charge in [0, 0.05) is 12.4 Å². The van der Waals surface area contributed by atoms with Crippen molar-refractivity contribution in [1.29, 1.82) is 10.8 Å². The zero-order valence-corrected chi connectivity index (χ0v) is 14.3. The molecule has 2 N–H and O–H groups in total. The number of hydrogen-bond acceptors (Lipinski definition) is 6. The summed E-state index contributed by atoms with van der Waals surface area (Å²) in [6, 6.07) is 0. The summed E-state index contributed by atoms with van der Waals surface area (Å²) in [5.41, 5.74) is 0. The van der Waals surface area contributed by atoms with Crippen LogP contribution in [-0.2, 0) is 15.7 Å². The Hall–Kier alpha value is -1.44. The molecule has 0 saturated heterocycles. The van der Waals surface area contributed by atoms with Gasteiger partial charge in [-0.1, -0.05) is 0 Å². The molecule has 19 heavy (non-hydrogen) atoms. The van der Waals surface area contributed by atoms with Crippen LogP contribution in [0.25, 0.3) is 0 Å². The molecule has 0 aromatic heterocycles. The van der Waals surface area contributed by atoms with Gasteiger partial charge in [0.1, 0.15) is 0 Å². The summed E-state index contributed by atoms with van der Waals surface area (Å²) in [4.78, 5) is 21.3. The maximum absolute atomic E-state index is 10.7. The number of carbonyl (C=O) groups is 2. The molecule has 0 aliphatic heterocycles. The first-order valence-corrected chi connectivity index (χ1v) is 7.62. The van der Waals surface area contributed by atoms with Crippen molar-refractivity contribution in [3.63, 3.8) is 0 Å². The van der Waals surface area contributed by atoms with Crippen LogP contribution < -0.4 is 0 Å². The van der Waals surface area contributed by atoms with Crippen molar-refractivity contribution in [2.45, 2.75) is 27.7 Å². The van der Waals surface area contributed by atoms with Crippen LogP contribution in [0.15, 0.2) is 23.7 Å².